The first kappa shape index (κ1) is 35.2. The molecule has 0 bridgehead atoms. The number of rotatable bonds is 15. The molecule has 0 aliphatic carbocycles. The highest BCUT2D eigenvalue weighted by Gasteiger charge is 2.77. The summed E-state index contributed by atoms with van der Waals surface area (Å²) in [4.78, 5) is 11.7. The van der Waals surface area contributed by atoms with E-state index in [1.54, 1.807) is 6.92 Å². The molecule has 1 aliphatic rings. The molecule has 0 saturated carbocycles. The number of aryl methyl sites for hydroxylation is 2. The van der Waals surface area contributed by atoms with Crippen molar-refractivity contribution in [2.45, 2.75) is 136 Å². The molecule has 3 atom stereocenters. The summed E-state index contributed by atoms with van der Waals surface area (Å²) in [7, 11) is 0. The minimum Gasteiger partial charge on any atom is -0.487 e. The Morgan fingerprint density at radius 1 is 0.902 bits per heavy atom. The van der Waals surface area contributed by atoms with Gasteiger partial charge in [0.15, 0.2) is 0 Å². The van der Waals surface area contributed by atoms with Crippen LogP contribution < -0.4 is 9.47 Å². The van der Waals surface area contributed by atoms with Gasteiger partial charge in [-0.2, -0.15) is 30.7 Å². The Kier molecular flexibility index (Phi) is 12.0. The second-order valence-electron chi connectivity index (χ2n) is 12.7. The molecule has 3 nitrogen and oxygen atoms in total. The highest BCUT2D eigenvalue weighted by molar-refractivity contribution is 5.81. The lowest BCUT2D eigenvalue weighted by Gasteiger charge is -2.37. The van der Waals surface area contributed by atoms with Gasteiger partial charge in [-0.15, -0.1) is 0 Å². The van der Waals surface area contributed by atoms with Crippen LogP contribution in [0.1, 0.15) is 110 Å². The number of carbonyl (C=O) groups excluding carboxylic acids is 1. The van der Waals surface area contributed by atoms with E-state index in [0.29, 0.717) is 35.6 Å². The molecule has 0 fully saturated rings. The maximum atomic E-state index is 13.7. The van der Waals surface area contributed by atoms with Crippen LogP contribution in [0, 0.1) is 24.7 Å². The molecule has 0 radical (unpaired) electrons. The molecule has 0 N–H and O–H groups in total. The van der Waals surface area contributed by atoms with Crippen LogP contribution in [0.5, 0.6) is 11.5 Å². The van der Waals surface area contributed by atoms with Gasteiger partial charge in [0.2, 0.25) is 0 Å². The van der Waals surface area contributed by atoms with E-state index in [9.17, 15) is 35.5 Å². The van der Waals surface area contributed by atoms with E-state index in [-0.39, 0.29) is 0 Å². The molecule has 0 saturated heterocycles. The first-order valence-corrected chi connectivity index (χ1v) is 14.7. The van der Waals surface area contributed by atoms with Crippen LogP contribution in [-0.4, -0.2) is 29.6 Å². The summed E-state index contributed by atoms with van der Waals surface area (Å²) in [6.07, 6.45) is 4.75. The minimum atomic E-state index is -6.62. The Balaban J connectivity index is 1.88. The summed E-state index contributed by atoms with van der Waals surface area (Å²) in [5.74, 6) is -13.6. The highest BCUT2D eigenvalue weighted by atomic mass is 19.4. The van der Waals surface area contributed by atoms with Gasteiger partial charge in [-0.05, 0) is 80.5 Å². The molecule has 0 aromatic heterocycles. The molecule has 236 valence electrons. The summed E-state index contributed by atoms with van der Waals surface area (Å²) in [6.45, 7) is 12.7. The average Bonchev–Trinajstić information content (AvgIpc) is 2.83. The van der Waals surface area contributed by atoms with Crippen molar-refractivity contribution in [2.24, 2.45) is 17.8 Å². The summed E-state index contributed by atoms with van der Waals surface area (Å²) < 4.78 is 102. The molecule has 10 heteroatoms. The third kappa shape index (κ3) is 9.50. The molecular formula is C31H45F7O3. The van der Waals surface area contributed by atoms with E-state index < -0.39 is 35.3 Å². The minimum absolute atomic E-state index is 0.401. The summed E-state index contributed by atoms with van der Waals surface area (Å²) >= 11 is 0. The fraction of sp³-hybridized carbons (Fsp3) is 0.774. The Morgan fingerprint density at radius 2 is 1.44 bits per heavy atom. The van der Waals surface area contributed by atoms with Crippen LogP contribution in [0.2, 0.25) is 0 Å². The first-order valence-electron chi connectivity index (χ1n) is 14.7. The Labute approximate surface area is 239 Å². The first-order chi connectivity index (χ1) is 18.8. The molecular weight excluding hydrogens is 553 g/mol. The van der Waals surface area contributed by atoms with Gasteiger partial charge in [-0.3, -0.25) is 0 Å². The predicted molar refractivity (Wildman–Crippen MR) is 145 cm³/mol. The fourth-order valence-corrected chi connectivity index (χ4v) is 5.35. The Bertz CT molecular complexity index is 1010. The van der Waals surface area contributed by atoms with Gasteiger partial charge in [0.25, 0.3) is 0 Å². The van der Waals surface area contributed by atoms with E-state index in [2.05, 4.69) is 32.4 Å². The Morgan fingerprint density at radius 3 is 1.98 bits per heavy atom. The number of benzene rings is 1. The molecule has 2 rings (SSSR count). The van der Waals surface area contributed by atoms with Crippen molar-refractivity contribution in [1.29, 1.82) is 0 Å². The highest BCUT2D eigenvalue weighted by Crippen LogP contribution is 2.47. The van der Waals surface area contributed by atoms with Gasteiger partial charge in [0, 0.05) is 0 Å². The third-order valence-electron chi connectivity index (χ3n) is 8.09. The maximum Gasteiger partial charge on any atom is 0.460 e. The van der Waals surface area contributed by atoms with Crippen molar-refractivity contribution in [2.75, 3.05) is 0 Å². The number of ether oxygens (including phenoxy) is 2. The quantitative estimate of drug-likeness (QED) is 0.114. The maximum absolute atomic E-state index is 13.7. The van der Waals surface area contributed by atoms with Crippen LogP contribution in [-0.2, 0) is 11.2 Å². The number of alkyl halides is 7. The van der Waals surface area contributed by atoms with Gasteiger partial charge in [0.05, 0.1) is 0 Å². The zero-order valence-electron chi connectivity index (χ0n) is 25.0. The molecule has 0 amide bonds. The van der Waals surface area contributed by atoms with E-state index in [1.807, 2.05) is 6.92 Å². The lowest BCUT2D eigenvalue weighted by molar-refractivity contribution is -0.346. The largest absolute Gasteiger partial charge is 0.487 e. The van der Waals surface area contributed by atoms with Crippen molar-refractivity contribution >= 4 is 5.97 Å². The number of esters is 1. The van der Waals surface area contributed by atoms with E-state index in [4.69, 9.17) is 4.74 Å². The fourth-order valence-electron chi connectivity index (χ4n) is 5.35. The lowest BCUT2D eigenvalue weighted by Crippen LogP contribution is -2.57. The summed E-state index contributed by atoms with van der Waals surface area (Å²) in [5, 5.41) is 0. The van der Waals surface area contributed by atoms with E-state index >= 15 is 0 Å². The van der Waals surface area contributed by atoms with Crippen LogP contribution in [0.3, 0.4) is 0 Å². The second kappa shape index (κ2) is 14.0. The number of carbonyl (C=O) groups is 1. The molecule has 1 aromatic rings. The number of fused-ring (bicyclic) bond motifs is 1. The summed E-state index contributed by atoms with van der Waals surface area (Å²) in [5.41, 5.74) is 0.438. The van der Waals surface area contributed by atoms with Gasteiger partial charge >= 0.3 is 24.0 Å². The van der Waals surface area contributed by atoms with Crippen molar-refractivity contribution < 1.29 is 45.0 Å². The normalized spacial score (nSPS) is 19.5. The lowest BCUT2D eigenvalue weighted by atomic mass is 9.85. The standard InChI is InChI=1S/C31H45F7O3/c1-20(2)10-7-11-21(3)12-8-13-22(4)14-9-16-28(6)17-15-24-19-25(18-23(5)26(24)41-28)40-27(39)29(32,33)30(34,35)31(36,37)38/h18-22H,7-17H2,1-6H3. The topological polar surface area (TPSA) is 35.5 Å². The van der Waals surface area contributed by atoms with Crippen LogP contribution in [0.15, 0.2) is 12.1 Å². The monoisotopic (exact) mass is 598 g/mol. The van der Waals surface area contributed by atoms with Gasteiger partial charge < -0.3 is 9.47 Å². The molecule has 1 heterocycles. The average molecular weight is 599 g/mol. The van der Waals surface area contributed by atoms with Crippen molar-refractivity contribution in [3.8, 4) is 11.5 Å². The third-order valence-corrected chi connectivity index (χ3v) is 8.09. The number of hydrogen-bond donors (Lipinski definition) is 0. The SMILES string of the molecule is Cc1cc(OC(=O)C(F)(F)C(F)(F)C(F)(F)F)cc2c1OC(C)(CCCC(C)CCCC(C)CCCC(C)C)CC2. The van der Waals surface area contributed by atoms with Gasteiger partial charge in [-0.25, -0.2) is 4.79 Å². The zero-order chi connectivity index (χ0) is 31.2. The van der Waals surface area contributed by atoms with Crippen molar-refractivity contribution in [1.82, 2.24) is 0 Å². The van der Waals surface area contributed by atoms with Gasteiger partial charge in [-0.1, -0.05) is 72.6 Å². The summed E-state index contributed by atoms with van der Waals surface area (Å²) in [6, 6.07) is 2.30. The number of halogens is 7. The molecule has 0 spiro atoms. The predicted octanol–water partition coefficient (Wildman–Crippen LogP) is 10.3. The van der Waals surface area contributed by atoms with E-state index in [1.165, 1.54) is 44.6 Å². The van der Waals surface area contributed by atoms with Gasteiger partial charge in [0.1, 0.15) is 17.1 Å². The second-order valence-corrected chi connectivity index (χ2v) is 12.7. The smallest absolute Gasteiger partial charge is 0.460 e. The zero-order valence-corrected chi connectivity index (χ0v) is 25.0. The van der Waals surface area contributed by atoms with E-state index in [0.717, 1.165) is 37.2 Å². The van der Waals surface area contributed by atoms with Crippen LogP contribution >= 0.6 is 0 Å². The van der Waals surface area contributed by atoms with Crippen molar-refractivity contribution in [3.05, 3.63) is 23.3 Å². The molecule has 3 unspecified atom stereocenters. The number of hydrogen-bond acceptors (Lipinski definition) is 3. The van der Waals surface area contributed by atoms with Crippen molar-refractivity contribution in [3.63, 3.8) is 0 Å². The van der Waals surface area contributed by atoms with Crippen LogP contribution in [0.25, 0.3) is 0 Å². The molecule has 41 heavy (non-hydrogen) atoms. The molecule has 1 aliphatic heterocycles. The Hall–Kier alpha value is -2.00. The molecule has 1 aromatic carbocycles. The van der Waals surface area contributed by atoms with Crippen LogP contribution in [0.4, 0.5) is 30.7 Å².